The van der Waals surface area contributed by atoms with E-state index in [0.717, 1.165) is 16.7 Å². The zero-order valence-corrected chi connectivity index (χ0v) is 17.3. The van der Waals surface area contributed by atoms with E-state index in [4.69, 9.17) is 14.2 Å². The first kappa shape index (κ1) is 22.0. The number of amides is 1. The van der Waals surface area contributed by atoms with E-state index in [0.29, 0.717) is 24.5 Å². The number of hydrogen-bond donors (Lipinski definition) is 1. The molecule has 0 saturated heterocycles. The summed E-state index contributed by atoms with van der Waals surface area (Å²) in [4.78, 5) is 24.9. The van der Waals surface area contributed by atoms with Gasteiger partial charge in [0.15, 0.2) is 17.6 Å². The molecule has 0 heterocycles. The molecular formula is C23H27NO5. The van der Waals surface area contributed by atoms with Crippen LogP contribution < -0.4 is 14.8 Å². The number of methoxy groups -OCH3 is 2. The molecule has 1 unspecified atom stereocenters. The van der Waals surface area contributed by atoms with Gasteiger partial charge < -0.3 is 19.5 Å². The van der Waals surface area contributed by atoms with E-state index >= 15 is 0 Å². The molecule has 6 nitrogen and oxygen atoms in total. The monoisotopic (exact) mass is 397 g/mol. The van der Waals surface area contributed by atoms with Crippen LogP contribution in [0.1, 0.15) is 34.0 Å². The van der Waals surface area contributed by atoms with Crippen molar-refractivity contribution < 1.29 is 23.8 Å². The molecular weight excluding hydrogens is 370 g/mol. The van der Waals surface area contributed by atoms with Crippen LogP contribution in [0.25, 0.3) is 0 Å². The van der Waals surface area contributed by atoms with Crippen molar-refractivity contribution >= 4 is 11.9 Å². The van der Waals surface area contributed by atoms with Gasteiger partial charge in [-0.2, -0.15) is 0 Å². The maximum atomic E-state index is 12.6. The Labute approximate surface area is 171 Å². The van der Waals surface area contributed by atoms with Gasteiger partial charge in [-0.1, -0.05) is 35.9 Å². The first-order chi connectivity index (χ1) is 13.9. The highest BCUT2D eigenvalue weighted by Crippen LogP contribution is 2.33. The number of esters is 1. The summed E-state index contributed by atoms with van der Waals surface area (Å²) < 4.78 is 16.0. The first-order valence-electron chi connectivity index (χ1n) is 9.29. The number of allylic oxidation sites excluding steroid dienone is 1. The summed E-state index contributed by atoms with van der Waals surface area (Å²) in [6.45, 7) is 7.61. The van der Waals surface area contributed by atoms with E-state index in [2.05, 4.69) is 11.9 Å². The smallest absolute Gasteiger partial charge is 0.339 e. The van der Waals surface area contributed by atoms with Crippen LogP contribution in [-0.2, 0) is 22.5 Å². The van der Waals surface area contributed by atoms with Gasteiger partial charge in [-0.25, -0.2) is 4.79 Å². The molecule has 0 saturated carbocycles. The van der Waals surface area contributed by atoms with Crippen molar-refractivity contribution in [1.29, 1.82) is 0 Å². The summed E-state index contributed by atoms with van der Waals surface area (Å²) in [6.07, 6.45) is 1.25. The molecule has 0 spiro atoms. The molecule has 2 aromatic rings. The van der Waals surface area contributed by atoms with Gasteiger partial charge in [0, 0.05) is 12.1 Å². The predicted octanol–water partition coefficient (Wildman–Crippen LogP) is 3.60. The summed E-state index contributed by atoms with van der Waals surface area (Å²) in [6, 6.07) is 11.0. The topological polar surface area (TPSA) is 73.9 Å². The zero-order chi connectivity index (χ0) is 21.4. The highest BCUT2D eigenvalue weighted by molar-refractivity contribution is 5.93. The van der Waals surface area contributed by atoms with Crippen molar-refractivity contribution in [2.75, 3.05) is 14.2 Å². The number of ether oxygens (including phenoxy) is 3. The molecule has 1 N–H and O–H groups in total. The Kier molecular flexibility index (Phi) is 7.83. The Bertz CT molecular complexity index is 874. The molecule has 0 aromatic heterocycles. The lowest BCUT2D eigenvalue weighted by Gasteiger charge is -2.16. The van der Waals surface area contributed by atoms with Crippen molar-refractivity contribution in [3.63, 3.8) is 0 Å². The molecule has 0 aliphatic carbocycles. The molecule has 0 fully saturated rings. The van der Waals surface area contributed by atoms with Crippen molar-refractivity contribution in [1.82, 2.24) is 5.32 Å². The van der Waals surface area contributed by atoms with E-state index in [-0.39, 0.29) is 11.5 Å². The van der Waals surface area contributed by atoms with Crippen molar-refractivity contribution in [3.05, 3.63) is 71.3 Å². The van der Waals surface area contributed by atoms with Gasteiger partial charge in [-0.15, -0.1) is 6.58 Å². The number of carbonyl (C=O) groups is 2. The lowest BCUT2D eigenvalue weighted by Crippen LogP contribution is -2.35. The van der Waals surface area contributed by atoms with Crippen LogP contribution in [0.4, 0.5) is 0 Å². The molecule has 0 radical (unpaired) electrons. The molecule has 1 atom stereocenters. The lowest BCUT2D eigenvalue weighted by atomic mass is 10.1. The van der Waals surface area contributed by atoms with Crippen molar-refractivity contribution in [3.8, 4) is 11.5 Å². The zero-order valence-electron chi connectivity index (χ0n) is 17.3. The molecule has 0 aliphatic heterocycles. The Morgan fingerprint density at radius 1 is 1.14 bits per heavy atom. The number of hydrogen-bond acceptors (Lipinski definition) is 5. The minimum absolute atomic E-state index is 0.276. The average molecular weight is 397 g/mol. The standard InChI is InChI=1S/C23H27NO5/c1-6-7-18-12-19(13-20(27-4)21(18)28-5)23(26)29-16(3)22(25)24-14-17-10-8-15(2)9-11-17/h6,8-13,16H,1,7,14H2,2-5H3,(H,24,25). The molecule has 29 heavy (non-hydrogen) atoms. The quantitative estimate of drug-likeness (QED) is 0.517. The van der Waals surface area contributed by atoms with E-state index in [1.54, 1.807) is 12.1 Å². The Morgan fingerprint density at radius 3 is 2.41 bits per heavy atom. The van der Waals surface area contributed by atoms with E-state index in [1.807, 2.05) is 31.2 Å². The average Bonchev–Trinajstić information content (AvgIpc) is 2.72. The number of benzene rings is 2. The third-order valence-electron chi connectivity index (χ3n) is 4.40. The Morgan fingerprint density at radius 2 is 1.83 bits per heavy atom. The Balaban J connectivity index is 2.05. The molecule has 0 bridgehead atoms. The van der Waals surface area contributed by atoms with Crippen molar-refractivity contribution in [2.45, 2.75) is 32.9 Å². The molecule has 2 rings (SSSR count). The normalized spacial score (nSPS) is 11.3. The van der Waals surface area contributed by atoms with Gasteiger partial charge in [0.25, 0.3) is 5.91 Å². The minimum Gasteiger partial charge on any atom is -0.493 e. The van der Waals surface area contributed by atoms with Gasteiger partial charge in [-0.05, 0) is 38.0 Å². The number of aryl methyl sites for hydroxylation is 1. The highest BCUT2D eigenvalue weighted by Gasteiger charge is 2.21. The third kappa shape index (κ3) is 5.85. The van der Waals surface area contributed by atoms with Crippen LogP contribution in [0.3, 0.4) is 0 Å². The molecule has 154 valence electrons. The van der Waals surface area contributed by atoms with E-state index in [1.165, 1.54) is 27.2 Å². The van der Waals surface area contributed by atoms with Crippen LogP contribution in [0, 0.1) is 6.92 Å². The summed E-state index contributed by atoms with van der Waals surface area (Å²) in [5.74, 6) is -0.0388. The second-order valence-electron chi connectivity index (χ2n) is 6.61. The number of carbonyl (C=O) groups excluding carboxylic acids is 2. The lowest BCUT2D eigenvalue weighted by molar-refractivity contribution is -0.129. The van der Waals surface area contributed by atoms with Crippen LogP contribution in [-0.4, -0.2) is 32.2 Å². The molecule has 0 aliphatic rings. The predicted molar refractivity (Wildman–Crippen MR) is 111 cm³/mol. The largest absolute Gasteiger partial charge is 0.493 e. The fraction of sp³-hybridized carbons (Fsp3) is 0.304. The molecule has 1 amide bonds. The maximum absolute atomic E-state index is 12.6. The SMILES string of the molecule is C=CCc1cc(C(=O)OC(C)C(=O)NCc2ccc(C)cc2)cc(OC)c1OC. The summed E-state index contributed by atoms with van der Waals surface area (Å²) in [7, 11) is 3.02. The van der Waals surface area contributed by atoms with Gasteiger partial charge in [-0.3, -0.25) is 4.79 Å². The van der Waals surface area contributed by atoms with Crippen LogP contribution in [0.15, 0.2) is 49.1 Å². The highest BCUT2D eigenvalue weighted by atomic mass is 16.5. The summed E-state index contributed by atoms with van der Waals surface area (Å²) >= 11 is 0. The third-order valence-corrected chi connectivity index (χ3v) is 4.40. The fourth-order valence-corrected chi connectivity index (χ4v) is 2.79. The van der Waals surface area contributed by atoms with Gasteiger partial charge in [0.05, 0.1) is 19.8 Å². The molecule has 2 aromatic carbocycles. The second-order valence-corrected chi connectivity index (χ2v) is 6.61. The van der Waals surface area contributed by atoms with Crippen molar-refractivity contribution in [2.24, 2.45) is 0 Å². The maximum Gasteiger partial charge on any atom is 0.339 e. The number of nitrogens with one attached hydrogen (secondary N) is 1. The van der Waals surface area contributed by atoms with Crippen LogP contribution in [0.2, 0.25) is 0 Å². The van der Waals surface area contributed by atoms with Crippen LogP contribution >= 0.6 is 0 Å². The first-order valence-corrected chi connectivity index (χ1v) is 9.29. The minimum atomic E-state index is -0.941. The van der Waals surface area contributed by atoms with E-state index < -0.39 is 12.1 Å². The fourth-order valence-electron chi connectivity index (χ4n) is 2.79. The van der Waals surface area contributed by atoms with Crippen LogP contribution in [0.5, 0.6) is 11.5 Å². The van der Waals surface area contributed by atoms with Gasteiger partial charge in [0.2, 0.25) is 0 Å². The van der Waals surface area contributed by atoms with Gasteiger partial charge >= 0.3 is 5.97 Å². The Hall–Kier alpha value is -3.28. The van der Waals surface area contributed by atoms with Gasteiger partial charge in [0.1, 0.15) is 0 Å². The van der Waals surface area contributed by atoms with E-state index in [9.17, 15) is 9.59 Å². The molecule has 6 heteroatoms. The summed E-state index contributed by atoms with van der Waals surface area (Å²) in [5, 5.41) is 2.77. The number of rotatable bonds is 9. The summed E-state index contributed by atoms with van der Waals surface area (Å²) in [5.41, 5.74) is 3.13. The second kappa shape index (κ2) is 10.3.